The van der Waals surface area contributed by atoms with Crippen LogP contribution in [0.5, 0.6) is 0 Å². The van der Waals surface area contributed by atoms with Gasteiger partial charge in [-0.05, 0) is 42.8 Å². The third kappa shape index (κ3) is 6.20. The van der Waals surface area contributed by atoms with Crippen molar-refractivity contribution in [3.8, 4) is 0 Å². The first-order chi connectivity index (χ1) is 16.4. The summed E-state index contributed by atoms with van der Waals surface area (Å²) in [4.78, 5) is 33.4. The van der Waals surface area contributed by atoms with E-state index in [4.69, 9.17) is 0 Å². The molecule has 4 rings (SSSR count). The summed E-state index contributed by atoms with van der Waals surface area (Å²) in [5, 5.41) is 6.05. The van der Waals surface area contributed by atoms with Crippen LogP contribution in [0.2, 0.25) is 0 Å². The number of nitrogens with one attached hydrogen (secondary N) is 2. The molecule has 2 aromatic heterocycles. The van der Waals surface area contributed by atoms with E-state index in [0.717, 1.165) is 12.5 Å². The molecule has 4 aromatic rings. The number of rotatable bonds is 8. The van der Waals surface area contributed by atoms with Crippen molar-refractivity contribution in [3.63, 3.8) is 0 Å². The molecular weight excluding hydrogens is 533 g/mol. The predicted molar refractivity (Wildman–Crippen MR) is 137 cm³/mol. The quantitative estimate of drug-likeness (QED) is 0.337. The highest BCUT2D eigenvalue weighted by molar-refractivity contribution is 7.91. The van der Waals surface area contributed by atoms with Gasteiger partial charge in [0.2, 0.25) is 11.8 Å². The van der Waals surface area contributed by atoms with Crippen molar-refractivity contribution >= 4 is 84.9 Å². The molecule has 0 atom stereocenters. The lowest BCUT2D eigenvalue weighted by atomic mass is 10.2. The van der Waals surface area contributed by atoms with Gasteiger partial charge in [0, 0.05) is 25.4 Å². The Bertz CT molecular complexity index is 1550. The van der Waals surface area contributed by atoms with Crippen LogP contribution in [-0.2, 0) is 29.3 Å². The first kappa shape index (κ1) is 25.2. The van der Waals surface area contributed by atoms with Crippen LogP contribution in [-0.4, -0.2) is 51.1 Å². The molecular formula is C21H20N4O6S4. The van der Waals surface area contributed by atoms with Crippen LogP contribution in [0, 0.1) is 0 Å². The molecule has 0 unspecified atom stereocenters. The van der Waals surface area contributed by atoms with Gasteiger partial charge >= 0.3 is 0 Å². The van der Waals surface area contributed by atoms with E-state index in [-0.39, 0.29) is 34.4 Å². The first-order valence-electron chi connectivity index (χ1n) is 10.2. The molecule has 14 heteroatoms. The minimum absolute atomic E-state index is 0.0928. The number of aromatic nitrogens is 2. The summed E-state index contributed by atoms with van der Waals surface area (Å²) in [7, 11) is -6.68. The van der Waals surface area contributed by atoms with Crippen molar-refractivity contribution in [2.45, 2.75) is 29.1 Å². The third-order valence-corrected chi connectivity index (χ3v) is 8.96. The van der Waals surface area contributed by atoms with Crippen molar-refractivity contribution in [1.82, 2.24) is 9.97 Å². The Kier molecular flexibility index (Phi) is 6.90. The SMILES string of the molecule is CS(=O)(=O)c1ccc2nc(NC(=O)CCCC(=O)Nc3nc4ccc(S(C)(=O)=O)cc4s3)sc2c1. The lowest BCUT2D eigenvalue weighted by Gasteiger charge is -2.02. The summed E-state index contributed by atoms with van der Waals surface area (Å²) in [6.45, 7) is 0. The molecule has 2 N–H and O–H groups in total. The van der Waals surface area contributed by atoms with Crippen LogP contribution in [0.25, 0.3) is 20.4 Å². The van der Waals surface area contributed by atoms with Crippen LogP contribution in [0.1, 0.15) is 19.3 Å². The molecule has 0 bridgehead atoms. The fourth-order valence-electron chi connectivity index (χ4n) is 3.15. The number of nitrogens with zero attached hydrogens (tertiary/aromatic N) is 2. The van der Waals surface area contributed by atoms with Crippen LogP contribution in [0.15, 0.2) is 46.2 Å². The normalized spacial score (nSPS) is 12.2. The zero-order valence-corrected chi connectivity index (χ0v) is 21.8. The molecule has 0 aliphatic carbocycles. The monoisotopic (exact) mass is 552 g/mol. The highest BCUT2D eigenvalue weighted by Gasteiger charge is 2.14. The van der Waals surface area contributed by atoms with Crippen LogP contribution in [0.3, 0.4) is 0 Å². The van der Waals surface area contributed by atoms with E-state index < -0.39 is 19.7 Å². The molecule has 0 spiro atoms. The number of hydrogen-bond acceptors (Lipinski definition) is 10. The van der Waals surface area contributed by atoms with Gasteiger partial charge in [0.1, 0.15) is 0 Å². The van der Waals surface area contributed by atoms with E-state index in [0.29, 0.717) is 37.1 Å². The number of thiazole rings is 2. The lowest BCUT2D eigenvalue weighted by Crippen LogP contribution is -2.14. The minimum atomic E-state index is -3.34. The van der Waals surface area contributed by atoms with Crippen LogP contribution >= 0.6 is 22.7 Å². The van der Waals surface area contributed by atoms with Gasteiger partial charge in [-0.25, -0.2) is 26.8 Å². The topological polar surface area (TPSA) is 152 Å². The second-order valence-electron chi connectivity index (χ2n) is 7.79. The third-order valence-electron chi connectivity index (χ3n) is 4.88. The van der Waals surface area contributed by atoms with Gasteiger partial charge in [0.25, 0.3) is 0 Å². The van der Waals surface area contributed by atoms with E-state index in [1.54, 1.807) is 12.1 Å². The fraction of sp³-hybridized carbons (Fsp3) is 0.238. The maximum absolute atomic E-state index is 12.3. The van der Waals surface area contributed by atoms with Gasteiger partial charge in [-0.2, -0.15) is 0 Å². The summed E-state index contributed by atoms with van der Waals surface area (Å²) in [5.41, 5.74) is 1.16. The Labute approximate surface area is 209 Å². The molecule has 0 saturated heterocycles. The summed E-state index contributed by atoms with van der Waals surface area (Å²) in [6, 6.07) is 9.16. The summed E-state index contributed by atoms with van der Waals surface area (Å²) < 4.78 is 48.1. The number of carbonyl (C=O) groups excluding carboxylic acids is 2. The number of hydrogen-bond donors (Lipinski definition) is 2. The standard InChI is InChI=1S/C21H20N4O6S4/c1-34(28,29)12-6-8-14-16(10-12)32-20(22-14)24-18(26)4-3-5-19(27)25-21-23-15-9-7-13(35(2,30)31)11-17(15)33-21/h6-11H,3-5H2,1-2H3,(H,22,24,26)(H,23,25,27). The molecule has 0 saturated carbocycles. The summed E-state index contributed by atoms with van der Waals surface area (Å²) in [5.74, 6) is -0.623. The Morgan fingerprint density at radius 1 is 0.743 bits per heavy atom. The zero-order valence-electron chi connectivity index (χ0n) is 18.6. The molecule has 2 amide bonds. The number of amides is 2. The Morgan fingerprint density at radius 3 is 1.51 bits per heavy atom. The number of benzene rings is 2. The number of anilines is 2. The second-order valence-corrected chi connectivity index (χ2v) is 13.9. The average Bonchev–Trinajstić information content (AvgIpc) is 3.33. The predicted octanol–water partition coefficient (Wildman–Crippen LogP) is 3.46. The second kappa shape index (κ2) is 9.60. The van der Waals surface area contributed by atoms with Crippen molar-refractivity contribution < 1.29 is 26.4 Å². The molecule has 0 fully saturated rings. The Hall–Kier alpha value is -2.94. The fourth-order valence-corrected chi connectivity index (χ4v) is 6.44. The minimum Gasteiger partial charge on any atom is -0.302 e. The molecule has 10 nitrogen and oxygen atoms in total. The van der Waals surface area contributed by atoms with Gasteiger partial charge < -0.3 is 10.6 Å². The highest BCUT2D eigenvalue weighted by Crippen LogP contribution is 2.29. The smallest absolute Gasteiger partial charge is 0.226 e. The van der Waals surface area contributed by atoms with Crippen molar-refractivity contribution in [2.24, 2.45) is 0 Å². The van der Waals surface area contributed by atoms with E-state index in [1.165, 1.54) is 46.9 Å². The molecule has 184 valence electrons. The van der Waals surface area contributed by atoms with Crippen molar-refractivity contribution in [2.75, 3.05) is 23.1 Å². The maximum Gasteiger partial charge on any atom is 0.226 e. The first-order valence-corrected chi connectivity index (χ1v) is 15.6. The van der Waals surface area contributed by atoms with Crippen LogP contribution < -0.4 is 10.6 Å². The molecule has 0 aliphatic rings. The Morgan fingerprint density at radius 2 is 1.14 bits per heavy atom. The molecule has 2 heterocycles. The number of fused-ring (bicyclic) bond motifs is 2. The number of carbonyl (C=O) groups is 2. The largest absolute Gasteiger partial charge is 0.302 e. The number of sulfone groups is 2. The van der Waals surface area contributed by atoms with Gasteiger partial charge in [0.05, 0.1) is 30.2 Å². The van der Waals surface area contributed by atoms with E-state index >= 15 is 0 Å². The molecule has 0 radical (unpaired) electrons. The van der Waals surface area contributed by atoms with Gasteiger partial charge in [-0.15, -0.1) is 0 Å². The van der Waals surface area contributed by atoms with Crippen molar-refractivity contribution in [1.29, 1.82) is 0 Å². The maximum atomic E-state index is 12.3. The highest BCUT2D eigenvalue weighted by atomic mass is 32.2. The van der Waals surface area contributed by atoms with Gasteiger partial charge in [0.15, 0.2) is 29.9 Å². The molecule has 0 aliphatic heterocycles. The van der Waals surface area contributed by atoms with Crippen LogP contribution in [0.4, 0.5) is 10.3 Å². The average molecular weight is 553 g/mol. The van der Waals surface area contributed by atoms with E-state index in [2.05, 4.69) is 20.6 Å². The Balaban J connectivity index is 1.29. The van der Waals surface area contributed by atoms with Crippen molar-refractivity contribution in [3.05, 3.63) is 36.4 Å². The van der Waals surface area contributed by atoms with E-state index in [1.807, 2.05) is 0 Å². The molecule has 35 heavy (non-hydrogen) atoms. The summed E-state index contributed by atoms with van der Waals surface area (Å²) in [6.07, 6.45) is 2.73. The zero-order chi connectivity index (χ0) is 25.4. The van der Waals surface area contributed by atoms with Gasteiger partial charge in [-0.3, -0.25) is 9.59 Å². The van der Waals surface area contributed by atoms with E-state index in [9.17, 15) is 26.4 Å². The van der Waals surface area contributed by atoms with Gasteiger partial charge in [-0.1, -0.05) is 22.7 Å². The summed E-state index contributed by atoms with van der Waals surface area (Å²) >= 11 is 2.34. The lowest BCUT2D eigenvalue weighted by molar-refractivity contribution is -0.117. The molecule has 2 aromatic carbocycles.